The van der Waals surface area contributed by atoms with Gasteiger partial charge in [-0.3, -0.25) is 14.4 Å². The Bertz CT molecular complexity index is 1580. The number of rotatable bonds is 50. The number of hydrogen-bond acceptors (Lipinski definition) is 11. The number of carbonyl (C=O) groups is 4. The second-order valence-electron chi connectivity index (χ2n) is 20.3. The van der Waals surface area contributed by atoms with Gasteiger partial charge in [0.2, 0.25) is 0 Å². The second kappa shape index (κ2) is 50.9. The van der Waals surface area contributed by atoms with E-state index in [0.29, 0.717) is 19.3 Å². The summed E-state index contributed by atoms with van der Waals surface area (Å²) in [7, 11) is 0. The topological polar surface area (TPSA) is 175 Å². The molecule has 0 aromatic heterocycles. The molecule has 1 saturated heterocycles. The second-order valence-corrected chi connectivity index (χ2v) is 20.3. The minimum atomic E-state index is -1.91. The van der Waals surface area contributed by atoms with Gasteiger partial charge < -0.3 is 39.0 Å². The molecule has 0 bridgehead atoms. The van der Waals surface area contributed by atoms with E-state index in [9.17, 15) is 34.5 Å². The van der Waals surface area contributed by atoms with Crippen LogP contribution in [0.5, 0.6) is 0 Å². The number of esters is 3. The summed E-state index contributed by atoms with van der Waals surface area (Å²) in [5, 5.41) is 31.5. The van der Waals surface area contributed by atoms with Crippen molar-refractivity contribution in [2.45, 2.75) is 289 Å². The average Bonchev–Trinajstić information content (AvgIpc) is 3.39. The molecule has 6 unspecified atom stereocenters. The SMILES string of the molecule is CCC/C=C\C/C=C\CCCCCCCC(=O)OC1C(OCC(COC(=O)CCCCCCCC/C=C\C/C=C\C/C=C\CCCCC)OC(=O)CCCCCCC/C=C\CCCCCC)OC(C(=O)O)C(O)C1O. The molecule has 0 spiro atoms. The normalized spacial score (nSPS) is 18.7. The van der Waals surface area contributed by atoms with Crippen molar-refractivity contribution in [3.8, 4) is 0 Å². The standard InChI is InChI=1S/C63H106O12/c1-4-7-10-13-16-19-22-25-26-27-28-29-30-33-34-37-40-43-46-49-55(64)71-52-54(73-56(65)50-47-44-41-38-35-31-23-20-17-14-11-8-5-2)53-72-63-61(59(68)58(67)60(75-63)62(69)70)74-57(66)51-48-45-42-39-36-32-24-21-18-15-12-9-6-3/h12,15-16,19-21,23-26,28-29,54,58-61,63,67-68H,4-11,13-14,17-18,22,27,30-53H2,1-3H3,(H,69,70)/b15-12-,19-16-,23-20-,24-21-,26-25-,29-28-. The van der Waals surface area contributed by atoms with E-state index in [1.165, 1.54) is 51.4 Å². The van der Waals surface area contributed by atoms with Crippen LogP contribution in [-0.2, 0) is 42.9 Å². The first-order valence-electron chi connectivity index (χ1n) is 29.9. The monoisotopic (exact) mass is 1050 g/mol. The van der Waals surface area contributed by atoms with Crippen molar-refractivity contribution in [2.75, 3.05) is 13.2 Å². The summed E-state index contributed by atoms with van der Waals surface area (Å²) in [6.07, 6.45) is 51.5. The van der Waals surface area contributed by atoms with Gasteiger partial charge in [-0.25, -0.2) is 4.79 Å². The molecular weight excluding hydrogens is 949 g/mol. The molecule has 430 valence electrons. The van der Waals surface area contributed by atoms with E-state index in [2.05, 4.69) is 93.7 Å². The van der Waals surface area contributed by atoms with Gasteiger partial charge in [0.1, 0.15) is 18.8 Å². The smallest absolute Gasteiger partial charge is 0.335 e. The molecule has 1 heterocycles. The summed E-state index contributed by atoms with van der Waals surface area (Å²) in [6, 6.07) is 0. The maximum atomic E-state index is 13.1. The van der Waals surface area contributed by atoms with Crippen molar-refractivity contribution >= 4 is 23.9 Å². The summed E-state index contributed by atoms with van der Waals surface area (Å²) in [6.45, 7) is 5.86. The van der Waals surface area contributed by atoms with Crippen molar-refractivity contribution in [2.24, 2.45) is 0 Å². The molecule has 1 rings (SSSR count). The van der Waals surface area contributed by atoms with Gasteiger partial charge in [0, 0.05) is 19.3 Å². The van der Waals surface area contributed by atoms with Crippen LogP contribution in [0.2, 0.25) is 0 Å². The number of aliphatic carboxylic acids is 1. The Hall–Kier alpha value is -3.84. The Kier molecular flexibility index (Phi) is 47.0. The highest BCUT2D eigenvalue weighted by Crippen LogP contribution is 2.26. The number of allylic oxidation sites excluding steroid dienone is 12. The average molecular weight is 1060 g/mol. The molecule has 75 heavy (non-hydrogen) atoms. The first-order chi connectivity index (χ1) is 36.6. The van der Waals surface area contributed by atoms with Gasteiger partial charge in [-0.15, -0.1) is 0 Å². The van der Waals surface area contributed by atoms with Gasteiger partial charge in [-0.1, -0.05) is 196 Å². The summed E-state index contributed by atoms with van der Waals surface area (Å²) < 4.78 is 28.4. The number of aliphatic hydroxyl groups excluding tert-OH is 2. The number of ether oxygens (including phenoxy) is 5. The first kappa shape index (κ1) is 69.2. The van der Waals surface area contributed by atoms with Crippen LogP contribution in [0, 0.1) is 0 Å². The molecule has 1 aliphatic heterocycles. The van der Waals surface area contributed by atoms with E-state index >= 15 is 0 Å². The fraction of sp³-hybridized carbons (Fsp3) is 0.746. The quantitative estimate of drug-likeness (QED) is 0.0228. The lowest BCUT2D eigenvalue weighted by molar-refractivity contribution is -0.301. The highest BCUT2D eigenvalue weighted by atomic mass is 16.7. The van der Waals surface area contributed by atoms with Crippen LogP contribution in [-0.4, -0.2) is 89.2 Å². The third-order valence-electron chi connectivity index (χ3n) is 13.2. The predicted molar refractivity (Wildman–Crippen MR) is 303 cm³/mol. The molecule has 0 saturated carbocycles. The van der Waals surface area contributed by atoms with Crippen LogP contribution < -0.4 is 0 Å². The van der Waals surface area contributed by atoms with Crippen molar-refractivity contribution in [1.82, 2.24) is 0 Å². The van der Waals surface area contributed by atoms with Crippen molar-refractivity contribution in [3.63, 3.8) is 0 Å². The fourth-order valence-corrected chi connectivity index (χ4v) is 8.58. The third-order valence-corrected chi connectivity index (χ3v) is 13.2. The number of carboxylic acid groups (broad SMARTS) is 1. The zero-order chi connectivity index (χ0) is 54.7. The first-order valence-corrected chi connectivity index (χ1v) is 29.9. The maximum absolute atomic E-state index is 13.1. The van der Waals surface area contributed by atoms with E-state index in [1.54, 1.807) is 0 Å². The lowest BCUT2D eigenvalue weighted by atomic mass is 9.98. The highest BCUT2D eigenvalue weighted by Gasteiger charge is 2.50. The minimum absolute atomic E-state index is 0.0403. The van der Waals surface area contributed by atoms with E-state index < -0.39 is 67.3 Å². The molecule has 3 N–H and O–H groups in total. The maximum Gasteiger partial charge on any atom is 0.335 e. The van der Waals surface area contributed by atoms with Crippen LogP contribution in [0.1, 0.15) is 252 Å². The lowest BCUT2D eigenvalue weighted by Gasteiger charge is -2.40. The van der Waals surface area contributed by atoms with Gasteiger partial charge >= 0.3 is 23.9 Å². The third kappa shape index (κ3) is 41.0. The molecule has 6 atom stereocenters. The molecule has 1 fully saturated rings. The van der Waals surface area contributed by atoms with Gasteiger partial charge in [0.15, 0.2) is 24.6 Å². The molecule has 0 radical (unpaired) electrons. The Morgan fingerprint density at radius 2 is 0.827 bits per heavy atom. The van der Waals surface area contributed by atoms with Gasteiger partial charge in [0.05, 0.1) is 6.61 Å². The fourth-order valence-electron chi connectivity index (χ4n) is 8.58. The van der Waals surface area contributed by atoms with Crippen LogP contribution in [0.3, 0.4) is 0 Å². The van der Waals surface area contributed by atoms with Crippen LogP contribution in [0.15, 0.2) is 72.9 Å². The Balaban J connectivity index is 2.69. The van der Waals surface area contributed by atoms with Gasteiger partial charge in [0.25, 0.3) is 0 Å². The van der Waals surface area contributed by atoms with Crippen molar-refractivity contribution in [3.05, 3.63) is 72.9 Å². The predicted octanol–water partition coefficient (Wildman–Crippen LogP) is 15.3. The summed E-state index contributed by atoms with van der Waals surface area (Å²) in [5.74, 6) is -3.16. The number of unbranched alkanes of at least 4 members (excludes halogenated alkanes) is 24. The summed E-state index contributed by atoms with van der Waals surface area (Å²) in [5.41, 5.74) is 0. The van der Waals surface area contributed by atoms with Crippen molar-refractivity contribution in [1.29, 1.82) is 0 Å². The number of hydrogen-bond donors (Lipinski definition) is 3. The van der Waals surface area contributed by atoms with Crippen LogP contribution >= 0.6 is 0 Å². The molecule has 0 aliphatic carbocycles. The van der Waals surface area contributed by atoms with Crippen LogP contribution in [0.4, 0.5) is 0 Å². The van der Waals surface area contributed by atoms with Gasteiger partial charge in [-0.2, -0.15) is 0 Å². The number of aliphatic hydroxyl groups is 2. The van der Waals surface area contributed by atoms with Crippen LogP contribution in [0.25, 0.3) is 0 Å². The van der Waals surface area contributed by atoms with E-state index in [0.717, 1.165) is 141 Å². The highest BCUT2D eigenvalue weighted by molar-refractivity contribution is 5.74. The largest absolute Gasteiger partial charge is 0.479 e. The molecule has 0 amide bonds. The molecule has 0 aromatic rings. The Morgan fingerprint density at radius 3 is 1.31 bits per heavy atom. The van der Waals surface area contributed by atoms with Gasteiger partial charge in [-0.05, 0) is 109 Å². The zero-order valence-corrected chi connectivity index (χ0v) is 47.3. The van der Waals surface area contributed by atoms with E-state index in [-0.39, 0.29) is 25.9 Å². The van der Waals surface area contributed by atoms with Crippen molar-refractivity contribution < 1.29 is 58.2 Å². The Labute approximate surface area is 455 Å². The minimum Gasteiger partial charge on any atom is -0.479 e. The summed E-state index contributed by atoms with van der Waals surface area (Å²) >= 11 is 0. The molecule has 12 heteroatoms. The zero-order valence-electron chi connectivity index (χ0n) is 47.3. The summed E-state index contributed by atoms with van der Waals surface area (Å²) in [4.78, 5) is 51.1. The van der Waals surface area contributed by atoms with E-state index in [1.807, 2.05) is 0 Å². The lowest BCUT2D eigenvalue weighted by Crippen LogP contribution is -2.61. The molecule has 1 aliphatic rings. The number of carbonyl (C=O) groups excluding carboxylic acids is 3. The Morgan fingerprint density at radius 1 is 0.440 bits per heavy atom. The molecule has 0 aromatic carbocycles. The van der Waals surface area contributed by atoms with E-state index in [4.69, 9.17) is 23.7 Å². The molecular formula is C63H106O12. The molecule has 12 nitrogen and oxygen atoms in total. The number of carboxylic acids is 1.